The molecule has 6 nitrogen and oxygen atoms in total. The molecule has 0 aromatic heterocycles. The fraction of sp³-hybridized carbons (Fsp3) is 0.700. The minimum atomic E-state index is -0.402. The lowest BCUT2D eigenvalue weighted by Crippen LogP contribution is -2.58. The fourth-order valence-electron chi connectivity index (χ4n) is 2.08. The number of nitrogens with one attached hydrogen (secondary N) is 2. The van der Waals surface area contributed by atoms with E-state index in [0.717, 1.165) is 25.8 Å². The number of hydrogen-bond acceptors (Lipinski definition) is 4. The van der Waals surface area contributed by atoms with E-state index < -0.39 is 11.8 Å². The fourth-order valence-corrected chi connectivity index (χ4v) is 2.08. The smallest absolute Gasteiger partial charge is 0.246 e. The van der Waals surface area contributed by atoms with Crippen LogP contribution in [0.5, 0.6) is 0 Å². The quantitative estimate of drug-likeness (QED) is 0.539. The molecule has 0 aliphatic carbocycles. The number of hydrogen-bond donors (Lipinski definition) is 2. The second-order valence-electron chi connectivity index (χ2n) is 4.17. The Labute approximate surface area is 93.4 Å². The van der Waals surface area contributed by atoms with Crippen molar-refractivity contribution in [1.29, 1.82) is 0 Å². The number of imide groups is 1. The van der Waals surface area contributed by atoms with Crippen LogP contribution in [0.2, 0.25) is 0 Å². The van der Waals surface area contributed by atoms with E-state index in [1.165, 1.54) is 4.90 Å². The lowest BCUT2D eigenvalue weighted by Gasteiger charge is -2.31. The Balaban J connectivity index is 1.97. The zero-order valence-corrected chi connectivity index (χ0v) is 8.99. The first kappa shape index (κ1) is 11.1. The van der Waals surface area contributed by atoms with Gasteiger partial charge in [-0.3, -0.25) is 19.7 Å². The van der Waals surface area contributed by atoms with Crippen molar-refractivity contribution in [1.82, 2.24) is 15.5 Å². The summed E-state index contributed by atoms with van der Waals surface area (Å²) in [5.41, 5.74) is 0. The zero-order valence-electron chi connectivity index (χ0n) is 8.99. The van der Waals surface area contributed by atoms with Crippen LogP contribution in [0.1, 0.15) is 19.3 Å². The number of carbonyl (C=O) groups excluding carboxylic acids is 3. The number of rotatable bonds is 1. The van der Waals surface area contributed by atoms with Crippen molar-refractivity contribution in [2.45, 2.75) is 25.3 Å². The molecule has 0 aromatic rings. The van der Waals surface area contributed by atoms with E-state index >= 15 is 0 Å². The summed E-state index contributed by atoms with van der Waals surface area (Å²) >= 11 is 0. The van der Waals surface area contributed by atoms with E-state index in [9.17, 15) is 14.4 Å². The van der Waals surface area contributed by atoms with Crippen LogP contribution < -0.4 is 10.6 Å². The Morgan fingerprint density at radius 2 is 1.88 bits per heavy atom. The summed E-state index contributed by atoms with van der Waals surface area (Å²) in [5.74, 6) is -0.941. The summed E-state index contributed by atoms with van der Waals surface area (Å²) in [6.07, 6.45) is 2.87. The minimum Gasteiger partial charge on any atom is -0.323 e. The van der Waals surface area contributed by atoms with Crippen LogP contribution in [0, 0.1) is 0 Å². The molecule has 2 saturated heterocycles. The highest BCUT2D eigenvalue weighted by Crippen LogP contribution is 2.10. The summed E-state index contributed by atoms with van der Waals surface area (Å²) in [6, 6.07) is -0.229. The Hall–Kier alpha value is -1.43. The van der Waals surface area contributed by atoms with E-state index in [2.05, 4.69) is 10.6 Å². The predicted molar refractivity (Wildman–Crippen MR) is 55.4 cm³/mol. The molecule has 2 heterocycles. The first-order valence-corrected chi connectivity index (χ1v) is 5.51. The standard InChI is InChI=1S/C10H15N3O3/c14-8-5-13(6-9(15)12-8)10(16)7-3-1-2-4-11-7/h7,11H,1-6H2,(H,12,14,15)/t7-/m1/s1. The molecule has 2 aliphatic heterocycles. The molecule has 0 saturated carbocycles. The maximum atomic E-state index is 12.0. The van der Waals surface area contributed by atoms with Crippen molar-refractivity contribution in [3.8, 4) is 0 Å². The third-order valence-corrected chi connectivity index (χ3v) is 2.87. The van der Waals surface area contributed by atoms with Crippen LogP contribution in [0.25, 0.3) is 0 Å². The second kappa shape index (κ2) is 4.61. The number of piperazine rings is 1. The van der Waals surface area contributed by atoms with Gasteiger partial charge >= 0.3 is 0 Å². The summed E-state index contributed by atoms with van der Waals surface area (Å²) in [6.45, 7) is 0.801. The van der Waals surface area contributed by atoms with Gasteiger partial charge in [-0.15, -0.1) is 0 Å². The summed E-state index contributed by atoms with van der Waals surface area (Å²) in [4.78, 5) is 35.5. The molecule has 0 unspecified atom stereocenters. The normalized spacial score (nSPS) is 26.5. The van der Waals surface area contributed by atoms with Crippen molar-refractivity contribution in [3.63, 3.8) is 0 Å². The molecule has 2 N–H and O–H groups in total. The summed E-state index contributed by atoms with van der Waals surface area (Å²) in [5, 5.41) is 5.29. The Kier molecular flexibility index (Phi) is 3.19. The van der Waals surface area contributed by atoms with E-state index in [4.69, 9.17) is 0 Å². The van der Waals surface area contributed by atoms with Crippen LogP contribution in [0.3, 0.4) is 0 Å². The van der Waals surface area contributed by atoms with Crippen molar-refractivity contribution in [2.24, 2.45) is 0 Å². The average Bonchev–Trinajstić information content (AvgIpc) is 2.28. The topological polar surface area (TPSA) is 78.5 Å². The maximum absolute atomic E-state index is 12.0. The highest BCUT2D eigenvalue weighted by Gasteiger charge is 2.31. The molecule has 0 spiro atoms. The predicted octanol–water partition coefficient (Wildman–Crippen LogP) is -1.39. The highest BCUT2D eigenvalue weighted by molar-refractivity contribution is 6.03. The number of nitrogens with zero attached hydrogens (tertiary/aromatic N) is 1. The van der Waals surface area contributed by atoms with Crippen LogP contribution in [-0.2, 0) is 14.4 Å². The van der Waals surface area contributed by atoms with Gasteiger partial charge in [0.1, 0.15) is 13.1 Å². The van der Waals surface area contributed by atoms with Gasteiger partial charge in [0.05, 0.1) is 6.04 Å². The van der Waals surface area contributed by atoms with Gasteiger partial charge in [0.2, 0.25) is 17.7 Å². The van der Waals surface area contributed by atoms with Gasteiger partial charge in [-0.25, -0.2) is 0 Å². The highest BCUT2D eigenvalue weighted by atomic mass is 16.2. The third-order valence-electron chi connectivity index (χ3n) is 2.87. The largest absolute Gasteiger partial charge is 0.323 e. The molecule has 88 valence electrons. The number of amides is 3. The van der Waals surface area contributed by atoms with Crippen molar-refractivity contribution in [3.05, 3.63) is 0 Å². The minimum absolute atomic E-state index is 0.0112. The maximum Gasteiger partial charge on any atom is 0.246 e. The van der Waals surface area contributed by atoms with Crippen LogP contribution in [0.4, 0.5) is 0 Å². The molecule has 6 heteroatoms. The van der Waals surface area contributed by atoms with Gasteiger partial charge in [0.25, 0.3) is 0 Å². The molecule has 2 rings (SSSR count). The molecule has 0 radical (unpaired) electrons. The summed E-state index contributed by atoms with van der Waals surface area (Å²) < 4.78 is 0. The lowest BCUT2D eigenvalue weighted by atomic mass is 10.0. The Morgan fingerprint density at radius 3 is 2.44 bits per heavy atom. The lowest BCUT2D eigenvalue weighted by molar-refractivity contribution is -0.146. The SMILES string of the molecule is O=C1CN(C(=O)[C@H]2CCCCN2)CC(=O)N1. The molecule has 0 aromatic carbocycles. The van der Waals surface area contributed by atoms with Gasteiger partial charge in [-0.1, -0.05) is 6.42 Å². The molecular weight excluding hydrogens is 210 g/mol. The van der Waals surface area contributed by atoms with Crippen LogP contribution in [-0.4, -0.2) is 48.3 Å². The van der Waals surface area contributed by atoms with Gasteiger partial charge in [0.15, 0.2) is 0 Å². The van der Waals surface area contributed by atoms with Gasteiger partial charge in [-0.05, 0) is 19.4 Å². The Morgan fingerprint density at radius 1 is 1.19 bits per heavy atom. The molecular formula is C10H15N3O3. The van der Waals surface area contributed by atoms with Gasteiger partial charge in [-0.2, -0.15) is 0 Å². The van der Waals surface area contributed by atoms with E-state index in [1.54, 1.807) is 0 Å². The summed E-state index contributed by atoms with van der Waals surface area (Å²) in [7, 11) is 0. The molecule has 2 aliphatic rings. The average molecular weight is 225 g/mol. The van der Waals surface area contributed by atoms with E-state index in [-0.39, 0.29) is 25.0 Å². The van der Waals surface area contributed by atoms with Gasteiger partial charge < -0.3 is 10.2 Å². The molecule has 2 fully saturated rings. The number of carbonyl (C=O) groups is 3. The zero-order chi connectivity index (χ0) is 11.5. The van der Waals surface area contributed by atoms with Crippen molar-refractivity contribution < 1.29 is 14.4 Å². The van der Waals surface area contributed by atoms with Crippen molar-refractivity contribution >= 4 is 17.7 Å². The first-order chi connectivity index (χ1) is 7.66. The monoisotopic (exact) mass is 225 g/mol. The van der Waals surface area contributed by atoms with Crippen LogP contribution in [0.15, 0.2) is 0 Å². The molecule has 16 heavy (non-hydrogen) atoms. The first-order valence-electron chi connectivity index (χ1n) is 5.51. The van der Waals surface area contributed by atoms with Gasteiger partial charge in [0, 0.05) is 0 Å². The van der Waals surface area contributed by atoms with Crippen LogP contribution >= 0.6 is 0 Å². The molecule has 3 amide bonds. The third kappa shape index (κ3) is 2.38. The Bertz CT molecular complexity index is 307. The van der Waals surface area contributed by atoms with E-state index in [1.807, 2.05) is 0 Å². The van der Waals surface area contributed by atoms with E-state index in [0.29, 0.717) is 0 Å². The molecule has 1 atom stereocenters. The number of piperidine rings is 1. The van der Waals surface area contributed by atoms with Crippen molar-refractivity contribution in [2.75, 3.05) is 19.6 Å². The molecule has 0 bridgehead atoms. The second-order valence-corrected chi connectivity index (χ2v) is 4.17.